The van der Waals surface area contributed by atoms with E-state index in [4.69, 9.17) is 0 Å². The average Bonchev–Trinajstić information content (AvgIpc) is 3.63. The van der Waals surface area contributed by atoms with E-state index in [9.17, 15) is 17.6 Å². The molecule has 248 valence electrons. The molecule has 0 radical (unpaired) electrons. The lowest BCUT2D eigenvalue weighted by molar-refractivity contribution is 0.618. The fraction of sp³-hybridized carbons (Fsp3) is 0.0952. The largest absolute Gasteiger partial charge is 0.291 e. The lowest BCUT2D eigenvalue weighted by Gasteiger charge is -2.34. The van der Waals surface area contributed by atoms with Crippen LogP contribution in [0.2, 0.25) is 0 Å². The van der Waals surface area contributed by atoms with E-state index in [2.05, 4.69) is 19.6 Å². The van der Waals surface area contributed by atoms with Crippen LogP contribution in [0, 0.1) is 51.0 Å². The van der Waals surface area contributed by atoms with Crippen LogP contribution in [0.25, 0.3) is 0 Å². The van der Waals surface area contributed by atoms with E-state index in [1.807, 2.05) is 48.5 Å². The van der Waals surface area contributed by atoms with Crippen LogP contribution in [0.5, 0.6) is 0 Å². The van der Waals surface area contributed by atoms with Crippen molar-refractivity contribution in [3.8, 4) is 0 Å². The molecular weight excluding hydrogens is 636 g/mol. The van der Waals surface area contributed by atoms with Gasteiger partial charge in [-0.25, -0.2) is 17.6 Å². The summed E-state index contributed by atoms with van der Waals surface area (Å²) in [6.45, 7) is 6.89. The molecule has 0 aromatic heterocycles. The summed E-state index contributed by atoms with van der Waals surface area (Å²) < 4.78 is 59.3. The van der Waals surface area contributed by atoms with Gasteiger partial charge in [0.1, 0.15) is 23.3 Å². The number of nitrogens with zero attached hydrogens (tertiary/aromatic N) is 4. The number of rotatable bonds is 4. The highest BCUT2D eigenvalue weighted by Crippen LogP contribution is 2.57. The molecule has 0 saturated carbocycles. The summed E-state index contributed by atoms with van der Waals surface area (Å²) in [5.74, 6) is -0.0436. The first kappa shape index (κ1) is 31.3. The maximum absolute atomic E-state index is 14.8. The van der Waals surface area contributed by atoms with Gasteiger partial charge < -0.3 is 0 Å². The molecule has 2 aliphatic rings. The van der Waals surface area contributed by atoms with Gasteiger partial charge in [-0.3, -0.25) is 19.6 Å². The summed E-state index contributed by atoms with van der Waals surface area (Å²) >= 11 is 0. The molecule has 0 saturated heterocycles. The maximum Gasteiger partial charge on any atom is 0.166 e. The molecule has 50 heavy (non-hydrogen) atoms. The van der Waals surface area contributed by atoms with E-state index in [1.54, 1.807) is 76.2 Å². The van der Waals surface area contributed by atoms with Gasteiger partial charge >= 0.3 is 0 Å². The highest BCUT2D eigenvalue weighted by Gasteiger charge is 2.44. The second-order valence-corrected chi connectivity index (χ2v) is 12.7. The lowest BCUT2D eigenvalue weighted by atomic mass is 10.1. The van der Waals surface area contributed by atoms with Gasteiger partial charge in [0, 0.05) is 22.7 Å². The monoisotopic (exact) mass is 668 g/mol. The van der Waals surface area contributed by atoms with Crippen LogP contribution in [0.1, 0.15) is 22.3 Å². The second-order valence-electron chi connectivity index (χ2n) is 12.7. The van der Waals surface area contributed by atoms with E-state index in [-0.39, 0.29) is 23.3 Å². The summed E-state index contributed by atoms with van der Waals surface area (Å²) in [6.07, 6.45) is 0. The van der Waals surface area contributed by atoms with Gasteiger partial charge in [0.25, 0.3) is 0 Å². The molecule has 0 bridgehead atoms. The SMILES string of the molecule is Cc1cc(N2C(=C3N(c4ccc(F)c(C)c4)c4ccccc4N3c3ccc(F)c(C)c3)N(c3ccc(F)c(C)c3)c3ccccc32)ccc1F. The maximum atomic E-state index is 14.8. The van der Waals surface area contributed by atoms with Crippen LogP contribution in [0.3, 0.4) is 0 Å². The third kappa shape index (κ3) is 4.90. The molecular formula is C42H32F4N4. The third-order valence-electron chi connectivity index (χ3n) is 9.37. The minimum Gasteiger partial charge on any atom is -0.291 e. The Morgan fingerprint density at radius 1 is 0.320 bits per heavy atom. The number of para-hydroxylation sites is 4. The molecule has 2 aliphatic heterocycles. The van der Waals surface area contributed by atoms with Crippen molar-refractivity contribution in [2.45, 2.75) is 27.7 Å². The van der Waals surface area contributed by atoms with Crippen LogP contribution in [0.4, 0.5) is 63.1 Å². The Balaban J connectivity index is 1.55. The van der Waals surface area contributed by atoms with Gasteiger partial charge in [-0.2, -0.15) is 0 Å². The van der Waals surface area contributed by atoms with Gasteiger partial charge in [-0.15, -0.1) is 0 Å². The van der Waals surface area contributed by atoms with E-state index in [0.717, 1.165) is 22.7 Å². The summed E-state index contributed by atoms with van der Waals surface area (Å²) in [5, 5.41) is 0. The lowest BCUT2D eigenvalue weighted by Crippen LogP contribution is -2.33. The minimum atomic E-state index is -0.332. The van der Waals surface area contributed by atoms with Gasteiger partial charge in [0.05, 0.1) is 22.7 Å². The molecule has 4 nitrogen and oxygen atoms in total. The average molecular weight is 669 g/mol. The van der Waals surface area contributed by atoms with E-state index >= 15 is 0 Å². The number of halogens is 4. The zero-order valence-corrected chi connectivity index (χ0v) is 27.8. The molecule has 0 N–H and O–H groups in total. The molecule has 6 aromatic rings. The topological polar surface area (TPSA) is 13.0 Å². The molecule has 0 unspecified atom stereocenters. The fourth-order valence-corrected chi connectivity index (χ4v) is 6.86. The number of aryl methyl sites for hydroxylation is 4. The third-order valence-corrected chi connectivity index (χ3v) is 9.37. The Morgan fingerprint density at radius 3 is 0.740 bits per heavy atom. The van der Waals surface area contributed by atoms with Crippen molar-refractivity contribution in [3.63, 3.8) is 0 Å². The van der Waals surface area contributed by atoms with Crippen LogP contribution in [0.15, 0.2) is 133 Å². The van der Waals surface area contributed by atoms with E-state index in [0.29, 0.717) is 56.6 Å². The Labute approximate surface area is 288 Å². The number of fused-ring (bicyclic) bond motifs is 2. The molecule has 0 atom stereocenters. The van der Waals surface area contributed by atoms with Gasteiger partial charge in [0.15, 0.2) is 11.6 Å². The normalized spacial score (nSPS) is 13.8. The van der Waals surface area contributed by atoms with Crippen molar-refractivity contribution in [3.05, 3.63) is 178 Å². The van der Waals surface area contributed by atoms with Gasteiger partial charge in [-0.05, 0) is 147 Å². The van der Waals surface area contributed by atoms with Crippen molar-refractivity contribution in [1.82, 2.24) is 0 Å². The highest BCUT2D eigenvalue weighted by atomic mass is 19.1. The standard InChI is InChI=1S/C42H32F4N4/c1-25-21-29(13-17-33(25)43)47-37-9-5-6-10-38(37)48(30-14-18-34(44)26(2)22-30)41(47)42-49(31-15-19-35(45)27(3)23-31)39-11-7-8-12-40(39)50(42)32-16-20-36(46)28(4)24-32/h5-24H,1-4H3. The van der Waals surface area contributed by atoms with Crippen LogP contribution >= 0.6 is 0 Å². The number of benzene rings is 6. The molecule has 8 heteroatoms. The van der Waals surface area contributed by atoms with Crippen molar-refractivity contribution >= 4 is 45.5 Å². The van der Waals surface area contributed by atoms with Crippen molar-refractivity contribution < 1.29 is 17.6 Å². The first-order chi connectivity index (χ1) is 24.1. The smallest absolute Gasteiger partial charge is 0.166 e. The van der Waals surface area contributed by atoms with E-state index in [1.165, 1.54) is 24.3 Å². The van der Waals surface area contributed by atoms with Crippen molar-refractivity contribution in [2.24, 2.45) is 0 Å². The zero-order valence-electron chi connectivity index (χ0n) is 27.8. The molecule has 0 fully saturated rings. The summed E-state index contributed by atoms with van der Waals surface area (Å²) in [7, 11) is 0. The van der Waals surface area contributed by atoms with Crippen molar-refractivity contribution in [1.29, 1.82) is 0 Å². The highest BCUT2D eigenvalue weighted by molar-refractivity contribution is 6.00. The van der Waals surface area contributed by atoms with Crippen LogP contribution in [-0.2, 0) is 0 Å². The Bertz CT molecular complexity index is 2040. The van der Waals surface area contributed by atoms with Gasteiger partial charge in [0.2, 0.25) is 0 Å². The van der Waals surface area contributed by atoms with Gasteiger partial charge in [-0.1, -0.05) is 24.3 Å². The zero-order chi connectivity index (χ0) is 34.8. The number of hydrogen-bond acceptors (Lipinski definition) is 4. The summed E-state index contributed by atoms with van der Waals surface area (Å²) in [6, 6.07) is 35.7. The minimum absolute atomic E-state index is 0.332. The predicted octanol–water partition coefficient (Wildman–Crippen LogP) is 11.9. The van der Waals surface area contributed by atoms with E-state index < -0.39 is 0 Å². The second kappa shape index (κ2) is 11.8. The van der Waals surface area contributed by atoms with Crippen molar-refractivity contribution in [2.75, 3.05) is 19.6 Å². The predicted molar refractivity (Wildman–Crippen MR) is 193 cm³/mol. The molecule has 0 aliphatic carbocycles. The molecule has 6 aromatic carbocycles. The van der Waals surface area contributed by atoms with Crippen LogP contribution in [-0.4, -0.2) is 0 Å². The summed E-state index contributed by atoms with van der Waals surface area (Å²) in [4.78, 5) is 8.26. The number of hydrogen-bond donors (Lipinski definition) is 0. The first-order valence-electron chi connectivity index (χ1n) is 16.3. The molecule has 0 amide bonds. The van der Waals surface area contributed by atoms with Crippen LogP contribution < -0.4 is 19.6 Å². The summed E-state index contributed by atoms with van der Waals surface area (Å²) in [5.41, 5.74) is 7.88. The molecule has 8 rings (SSSR count). The fourth-order valence-electron chi connectivity index (χ4n) is 6.86. The Hall–Kier alpha value is -6.02. The molecule has 0 spiro atoms. The Morgan fingerprint density at radius 2 is 0.540 bits per heavy atom. The Kier molecular flexibility index (Phi) is 7.40. The molecule has 2 heterocycles. The first-order valence-corrected chi connectivity index (χ1v) is 16.3. The number of anilines is 8. The quantitative estimate of drug-likeness (QED) is 0.173.